The van der Waals surface area contributed by atoms with Crippen LogP contribution in [0.15, 0.2) is 30.7 Å². The molecule has 13 heteroatoms. The van der Waals surface area contributed by atoms with Gasteiger partial charge >= 0.3 is 0 Å². The van der Waals surface area contributed by atoms with Gasteiger partial charge in [-0.2, -0.15) is 4.72 Å². The van der Waals surface area contributed by atoms with Crippen LogP contribution in [0.25, 0.3) is 0 Å². The van der Waals surface area contributed by atoms with Crippen LogP contribution in [-0.4, -0.2) is 72.9 Å². The van der Waals surface area contributed by atoms with Gasteiger partial charge < -0.3 is 15.0 Å². The highest BCUT2D eigenvalue weighted by Crippen LogP contribution is 2.43. The van der Waals surface area contributed by atoms with Gasteiger partial charge in [-0.25, -0.2) is 9.19 Å². The number of rotatable bonds is 7. The molecule has 3 N–H and O–H groups in total. The van der Waals surface area contributed by atoms with Crippen LogP contribution in [0, 0.1) is 13.8 Å². The maximum Gasteiger partial charge on any atom is 0.239 e. The van der Waals surface area contributed by atoms with Crippen LogP contribution in [-0.2, 0) is 25.6 Å². The summed E-state index contributed by atoms with van der Waals surface area (Å²) >= 11 is 3.59. The Morgan fingerprint density at radius 1 is 1.36 bits per heavy atom. The Labute approximate surface area is 217 Å². The van der Waals surface area contributed by atoms with Crippen molar-refractivity contribution in [2.24, 2.45) is 0 Å². The second-order valence-electron chi connectivity index (χ2n) is 8.77. The zero-order chi connectivity index (χ0) is 26.0. The second-order valence-corrected chi connectivity index (χ2v) is 9.77. The van der Waals surface area contributed by atoms with E-state index in [9.17, 15) is 18.4 Å². The summed E-state index contributed by atoms with van der Waals surface area (Å²) in [6.07, 6.45) is 2.44. The normalized spacial score (nSPS) is 24.9. The van der Waals surface area contributed by atoms with Gasteiger partial charge in [-0.3, -0.25) is 24.0 Å². The van der Waals surface area contributed by atoms with Crippen molar-refractivity contribution in [1.82, 2.24) is 19.6 Å². The molecule has 4 rings (SSSR count). The van der Waals surface area contributed by atoms with E-state index >= 15 is 0 Å². The summed E-state index contributed by atoms with van der Waals surface area (Å²) in [5, 5.41) is 3.24. The number of aryl methyl sites for hydroxylation is 2. The number of halogens is 1. The van der Waals surface area contributed by atoms with Gasteiger partial charge in [0.05, 0.1) is 18.4 Å². The van der Waals surface area contributed by atoms with E-state index in [-0.39, 0.29) is 24.8 Å². The molecule has 2 saturated heterocycles. The highest BCUT2D eigenvalue weighted by molar-refractivity contribution is 7.77. The van der Waals surface area contributed by atoms with E-state index in [2.05, 4.69) is 20.0 Å². The number of piperidine rings is 1. The lowest BCUT2D eigenvalue weighted by Crippen LogP contribution is -2.70. The predicted octanol–water partition coefficient (Wildman–Crippen LogP) is 1.89. The Kier molecular flexibility index (Phi) is 8.20. The van der Waals surface area contributed by atoms with Gasteiger partial charge in [-0.1, -0.05) is 6.07 Å². The summed E-state index contributed by atoms with van der Waals surface area (Å²) in [6.45, 7) is 6.24. The maximum absolute atomic E-state index is 13.8. The molecule has 0 bridgehead atoms. The molecule has 5 unspecified atom stereocenters. The first-order valence-corrected chi connectivity index (χ1v) is 13.2. The van der Waals surface area contributed by atoms with Crippen molar-refractivity contribution in [3.63, 3.8) is 0 Å². The van der Waals surface area contributed by atoms with Gasteiger partial charge in [-0.05, 0) is 38.0 Å². The van der Waals surface area contributed by atoms with E-state index in [1.165, 1.54) is 9.80 Å². The smallest absolute Gasteiger partial charge is 0.239 e. The van der Waals surface area contributed by atoms with Crippen LogP contribution in [0.4, 0.5) is 11.5 Å². The topological polar surface area (TPSA) is 137 Å². The molecule has 0 aliphatic carbocycles. The molecule has 2 amide bonds. The van der Waals surface area contributed by atoms with E-state index in [1.807, 2.05) is 26.8 Å². The third-order valence-electron chi connectivity index (χ3n) is 6.36. The Bertz CT molecular complexity index is 1170. The fourth-order valence-electron chi connectivity index (χ4n) is 4.87. The zero-order valence-electron chi connectivity index (χ0n) is 20.2. The molecule has 11 nitrogen and oxygen atoms in total. The summed E-state index contributed by atoms with van der Waals surface area (Å²) in [5.41, 5.74) is 3.03. The molecule has 0 spiro atoms. The SMILES string of the molecule is CCNc1ncc(C)cc1C1CC(=O)N(c2cnccc2C)C2C1OC(NS(=O)O)CN2C(=O)CCl. The molecule has 5 atom stereocenters. The van der Waals surface area contributed by atoms with E-state index in [4.69, 9.17) is 16.3 Å². The first-order valence-electron chi connectivity index (χ1n) is 11.6. The van der Waals surface area contributed by atoms with E-state index in [1.54, 1.807) is 24.7 Å². The van der Waals surface area contributed by atoms with E-state index in [0.29, 0.717) is 18.1 Å². The molecule has 4 heterocycles. The molecule has 2 aromatic heterocycles. The Morgan fingerprint density at radius 3 is 2.81 bits per heavy atom. The van der Waals surface area contributed by atoms with Gasteiger partial charge in [0, 0.05) is 36.8 Å². The van der Waals surface area contributed by atoms with Crippen molar-refractivity contribution in [3.8, 4) is 0 Å². The summed E-state index contributed by atoms with van der Waals surface area (Å²) in [7, 11) is 0. The highest BCUT2D eigenvalue weighted by Gasteiger charge is 2.53. The van der Waals surface area contributed by atoms with Crippen LogP contribution in [0.2, 0.25) is 0 Å². The molecule has 194 valence electrons. The molecule has 2 aliphatic rings. The number of pyridine rings is 2. The number of morpholine rings is 1. The number of hydrogen-bond donors (Lipinski definition) is 3. The van der Waals surface area contributed by atoms with E-state index < -0.39 is 41.6 Å². The van der Waals surface area contributed by atoms with Gasteiger partial charge in [0.2, 0.25) is 23.1 Å². The summed E-state index contributed by atoms with van der Waals surface area (Å²) < 4.78 is 29.9. The average molecular weight is 537 g/mol. The molecule has 36 heavy (non-hydrogen) atoms. The minimum absolute atomic E-state index is 0.0663. The monoisotopic (exact) mass is 536 g/mol. The summed E-state index contributed by atoms with van der Waals surface area (Å²) in [6, 6.07) is 3.73. The largest absolute Gasteiger partial charge is 0.370 e. The van der Waals surface area contributed by atoms with Crippen LogP contribution in [0.5, 0.6) is 0 Å². The predicted molar refractivity (Wildman–Crippen MR) is 136 cm³/mol. The number of amides is 2. The van der Waals surface area contributed by atoms with Crippen molar-refractivity contribution >= 4 is 46.2 Å². The lowest BCUT2D eigenvalue weighted by atomic mass is 9.82. The fourth-order valence-corrected chi connectivity index (χ4v) is 5.38. The zero-order valence-corrected chi connectivity index (χ0v) is 21.8. The molecular formula is C23H29ClN6O5S. The standard InChI is InChI=1S/C23H29ClN6O5S/c1-4-26-22-16(7-13(2)10-27-22)15-8-19(31)30(17-11-25-6-5-14(17)3)23-21(15)35-18(28-36(33)34)12-29(23)20(32)9-24/h5-7,10-11,15,18,21,23,28H,4,8-9,12H2,1-3H3,(H,26,27)(H,33,34). The first kappa shape index (κ1) is 26.4. The highest BCUT2D eigenvalue weighted by atomic mass is 35.5. The minimum atomic E-state index is -2.39. The van der Waals surface area contributed by atoms with Crippen LogP contribution in [0.1, 0.15) is 36.0 Å². The Hall–Kier alpha value is -2.64. The summed E-state index contributed by atoms with van der Waals surface area (Å²) in [4.78, 5) is 38.6. The number of carbonyl (C=O) groups excluding carboxylic acids is 2. The Balaban J connectivity index is 1.88. The van der Waals surface area contributed by atoms with Crippen LogP contribution >= 0.6 is 11.6 Å². The van der Waals surface area contributed by atoms with Crippen LogP contribution < -0.4 is 14.9 Å². The molecule has 2 aromatic rings. The molecular weight excluding hydrogens is 508 g/mol. The first-order chi connectivity index (χ1) is 17.2. The molecule has 0 saturated carbocycles. The number of hydrogen-bond acceptors (Lipinski definition) is 7. The molecule has 2 fully saturated rings. The van der Waals surface area contributed by atoms with Crippen LogP contribution in [0.3, 0.4) is 0 Å². The van der Waals surface area contributed by atoms with Crippen molar-refractivity contribution in [3.05, 3.63) is 47.4 Å². The number of nitrogens with zero attached hydrogens (tertiary/aromatic N) is 4. The van der Waals surface area contributed by atoms with Crippen molar-refractivity contribution in [2.45, 2.75) is 51.6 Å². The third kappa shape index (κ3) is 5.23. The van der Waals surface area contributed by atoms with Crippen molar-refractivity contribution in [2.75, 3.05) is 29.2 Å². The number of alkyl halides is 1. The van der Waals surface area contributed by atoms with Gasteiger partial charge in [0.15, 0.2) is 0 Å². The van der Waals surface area contributed by atoms with Gasteiger partial charge in [-0.15, -0.1) is 11.6 Å². The number of anilines is 2. The molecule has 2 aliphatic heterocycles. The van der Waals surface area contributed by atoms with Gasteiger partial charge in [0.1, 0.15) is 30.2 Å². The average Bonchev–Trinajstić information content (AvgIpc) is 2.84. The van der Waals surface area contributed by atoms with Gasteiger partial charge in [0.25, 0.3) is 0 Å². The quantitative estimate of drug-likeness (QED) is 0.360. The third-order valence-corrected chi connectivity index (χ3v) is 7.05. The lowest BCUT2D eigenvalue weighted by molar-refractivity contribution is -0.168. The number of nitrogens with one attached hydrogen (secondary N) is 2. The minimum Gasteiger partial charge on any atom is -0.370 e. The maximum atomic E-state index is 13.8. The fraction of sp³-hybridized carbons (Fsp3) is 0.478. The number of ether oxygens (including phenoxy) is 1. The number of fused-ring (bicyclic) bond motifs is 1. The summed E-state index contributed by atoms with van der Waals surface area (Å²) in [5.74, 6) is -0.857. The van der Waals surface area contributed by atoms with E-state index in [0.717, 1.165) is 16.7 Å². The van der Waals surface area contributed by atoms with Crippen molar-refractivity contribution < 1.29 is 23.1 Å². The second kappa shape index (κ2) is 11.2. The number of carbonyl (C=O) groups is 2. The molecule has 0 aromatic carbocycles. The lowest BCUT2D eigenvalue weighted by Gasteiger charge is -2.53. The number of aromatic nitrogens is 2. The Morgan fingerprint density at radius 2 is 2.14 bits per heavy atom. The molecule has 0 radical (unpaired) electrons. The van der Waals surface area contributed by atoms with Crippen molar-refractivity contribution in [1.29, 1.82) is 0 Å².